The van der Waals surface area contributed by atoms with Gasteiger partial charge in [-0.1, -0.05) is 18.2 Å². The maximum atomic E-state index is 6.03. The Labute approximate surface area is 106 Å². The zero-order valence-corrected chi connectivity index (χ0v) is 10.4. The lowest BCUT2D eigenvalue weighted by Crippen LogP contribution is -1.99. The Kier molecular flexibility index (Phi) is 3.28. The van der Waals surface area contributed by atoms with Gasteiger partial charge in [0.2, 0.25) is 0 Å². The molecule has 4 heteroatoms. The number of para-hydroxylation sites is 1. The molecule has 0 saturated heterocycles. The van der Waals surface area contributed by atoms with E-state index in [2.05, 4.69) is 0 Å². The van der Waals surface area contributed by atoms with Gasteiger partial charge in [0, 0.05) is 16.9 Å². The highest BCUT2D eigenvalue weighted by Gasteiger charge is 2.16. The summed E-state index contributed by atoms with van der Waals surface area (Å²) in [5, 5.41) is 0. The van der Waals surface area contributed by atoms with Gasteiger partial charge in [0.25, 0.3) is 0 Å². The van der Waals surface area contributed by atoms with Crippen LogP contribution >= 0.6 is 0 Å². The summed E-state index contributed by atoms with van der Waals surface area (Å²) in [6.45, 7) is 0. The summed E-state index contributed by atoms with van der Waals surface area (Å²) in [6, 6.07) is 11.1. The second kappa shape index (κ2) is 4.87. The van der Waals surface area contributed by atoms with Gasteiger partial charge in [-0.2, -0.15) is 0 Å². The summed E-state index contributed by atoms with van der Waals surface area (Å²) in [6.07, 6.45) is 0. The highest BCUT2D eigenvalue weighted by molar-refractivity contribution is 5.90. The zero-order chi connectivity index (χ0) is 13.1. The van der Waals surface area contributed by atoms with Crippen molar-refractivity contribution < 1.29 is 9.47 Å². The molecule has 0 aliphatic carbocycles. The summed E-state index contributed by atoms with van der Waals surface area (Å²) < 4.78 is 10.7. The first-order valence-corrected chi connectivity index (χ1v) is 5.54. The van der Waals surface area contributed by atoms with Crippen molar-refractivity contribution in [1.29, 1.82) is 0 Å². The quantitative estimate of drug-likeness (QED) is 0.814. The highest BCUT2D eigenvalue weighted by atomic mass is 16.5. The van der Waals surface area contributed by atoms with Gasteiger partial charge >= 0.3 is 0 Å². The number of ether oxygens (including phenoxy) is 2. The first kappa shape index (κ1) is 12.1. The molecule has 0 bridgehead atoms. The van der Waals surface area contributed by atoms with E-state index in [1.807, 2.05) is 24.3 Å². The predicted octanol–water partition coefficient (Wildman–Crippen LogP) is 2.54. The largest absolute Gasteiger partial charge is 0.493 e. The number of benzene rings is 2. The van der Waals surface area contributed by atoms with E-state index in [4.69, 9.17) is 20.9 Å². The van der Waals surface area contributed by atoms with E-state index in [0.29, 0.717) is 22.9 Å². The normalized spacial score (nSPS) is 10.1. The van der Waals surface area contributed by atoms with Gasteiger partial charge in [-0.3, -0.25) is 0 Å². The SMILES string of the molecule is COc1ccc(N)c(-c2ccccc2N)c1OC. The van der Waals surface area contributed by atoms with Crippen LogP contribution in [0.3, 0.4) is 0 Å². The van der Waals surface area contributed by atoms with E-state index in [0.717, 1.165) is 11.1 Å². The van der Waals surface area contributed by atoms with Crippen LogP contribution in [-0.2, 0) is 0 Å². The van der Waals surface area contributed by atoms with Crippen LogP contribution in [0.5, 0.6) is 11.5 Å². The first-order chi connectivity index (χ1) is 8.69. The fraction of sp³-hybridized carbons (Fsp3) is 0.143. The Morgan fingerprint density at radius 2 is 1.56 bits per heavy atom. The second-order valence-corrected chi connectivity index (χ2v) is 3.85. The number of methoxy groups -OCH3 is 2. The Bertz CT molecular complexity index is 568. The number of anilines is 2. The van der Waals surface area contributed by atoms with Crippen molar-refractivity contribution in [1.82, 2.24) is 0 Å². The molecule has 2 aromatic rings. The molecule has 18 heavy (non-hydrogen) atoms. The van der Waals surface area contributed by atoms with Crippen molar-refractivity contribution in [2.75, 3.05) is 25.7 Å². The lowest BCUT2D eigenvalue weighted by Gasteiger charge is -2.16. The molecule has 4 nitrogen and oxygen atoms in total. The van der Waals surface area contributed by atoms with E-state index in [1.54, 1.807) is 26.4 Å². The van der Waals surface area contributed by atoms with Crippen LogP contribution in [0.2, 0.25) is 0 Å². The Morgan fingerprint density at radius 3 is 2.17 bits per heavy atom. The van der Waals surface area contributed by atoms with Crippen molar-refractivity contribution in [3.63, 3.8) is 0 Å². The van der Waals surface area contributed by atoms with Crippen LogP contribution in [0.1, 0.15) is 0 Å². The molecule has 0 saturated carbocycles. The van der Waals surface area contributed by atoms with E-state index in [-0.39, 0.29) is 0 Å². The second-order valence-electron chi connectivity index (χ2n) is 3.85. The van der Waals surface area contributed by atoms with Crippen LogP contribution in [0, 0.1) is 0 Å². The van der Waals surface area contributed by atoms with Crippen LogP contribution in [0.15, 0.2) is 36.4 Å². The first-order valence-electron chi connectivity index (χ1n) is 5.54. The summed E-state index contributed by atoms with van der Waals surface area (Å²) in [5.41, 5.74) is 14.9. The molecule has 2 rings (SSSR count). The minimum Gasteiger partial charge on any atom is -0.493 e. The Morgan fingerprint density at radius 1 is 0.833 bits per heavy atom. The molecule has 0 aromatic heterocycles. The van der Waals surface area contributed by atoms with Gasteiger partial charge < -0.3 is 20.9 Å². The summed E-state index contributed by atoms with van der Waals surface area (Å²) in [4.78, 5) is 0. The topological polar surface area (TPSA) is 70.5 Å². The minimum absolute atomic E-state index is 0.593. The molecule has 0 aliphatic heterocycles. The molecule has 0 heterocycles. The Balaban J connectivity index is 2.74. The van der Waals surface area contributed by atoms with Gasteiger partial charge in [0.15, 0.2) is 11.5 Å². The maximum absolute atomic E-state index is 6.03. The number of hydrogen-bond donors (Lipinski definition) is 2. The van der Waals surface area contributed by atoms with Crippen LogP contribution in [0.4, 0.5) is 11.4 Å². The molecule has 0 radical (unpaired) electrons. The molecule has 0 amide bonds. The lowest BCUT2D eigenvalue weighted by atomic mass is 10.0. The molecule has 0 unspecified atom stereocenters. The standard InChI is InChI=1S/C14H16N2O2/c1-17-12-8-7-11(16)13(14(12)18-2)9-5-3-4-6-10(9)15/h3-8H,15-16H2,1-2H3. The van der Waals surface area contributed by atoms with Crippen molar-refractivity contribution in [3.8, 4) is 22.6 Å². The molecular weight excluding hydrogens is 228 g/mol. The van der Waals surface area contributed by atoms with Gasteiger partial charge in [0.05, 0.1) is 19.8 Å². The average Bonchev–Trinajstić information content (AvgIpc) is 2.39. The van der Waals surface area contributed by atoms with E-state index in [1.165, 1.54) is 0 Å². The number of rotatable bonds is 3. The van der Waals surface area contributed by atoms with Crippen LogP contribution in [-0.4, -0.2) is 14.2 Å². The molecule has 0 atom stereocenters. The molecule has 0 spiro atoms. The van der Waals surface area contributed by atoms with E-state index in [9.17, 15) is 0 Å². The summed E-state index contributed by atoms with van der Waals surface area (Å²) in [7, 11) is 3.17. The number of nitrogen functional groups attached to an aromatic ring is 2. The third kappa shape index (κ3) is 1.93. The maximum Gasteiger partial charge on any atom is 0.170 e. The third-order valence-corrected chi connectivity index (χ3v) is 2.81. The van der Waals surface area contributed by atoms with Crippen molar-refractivity contribution in [2.45, 2.75) is 0 Å². The molecule has 94 valence electrons. The molecule has 0 aliphatic rings. The van der Waals surface area contributed by atoms with Gasteiger partial charge in [-0.25, -0.2) is 0 Å². The number of hydrogen-bond acceptors (Lipinski definition) is 4. The van der Waals surface area contributed by atoms with Crippen LogP contribution < -0.4 is 20.9 Å². The number of nitrogens with two attached hydrogens (primary N) is 2. The van der Waals surface area contributed by atoms with Crippen LogP contribution in [0.25, 0.3) is 11.1 Å². The van der Waals surface area contributed by atoms with Gasteiger partial charge in [0.1, 0.15) is 0 Å². The molecule has 0 fully saturated rings. The van der Waals surface area contributed by atoms with E-state index >= 15 is 0 Å². The fourth-order valence-electron chi connectivity index (χ4n) is 1.94. The smallest absolute Gasteiger partial charge is 0.170 e. The summed E-state index contributed by atoms with van der Waals surface area (Å²) >= 11 is 0. The van der Waals surface area contributed by atoms with Crippen molar-refractivity contribution in [3.05, 3.63) is 36.4 Å². The fourth-order valence-corrected chi connectivity index (χ4v) is 1.94. The highest BCUT2D eigenvalue weighted by Crippen LogP contribution is 2.43. The Hall–Kier alpha value is -2.36. The summed E-state index contributed by atoms with van der Waals surface area (Å²) in [5.74, 6) is 1.22. The zero-order valence-electron chi connectivity index (χ0n) is 10.4. The average molecular weight is 244 g/mol. The minimum atomic E-state index is 0.593. The van der Waals surface area contributed by atoms with Gasteiger partial charge in [-0.05, 0) is 18.2 Å². The van der Waals surface area contributed by atoms with E-state index < -0.39 is 0 Å². The third-order valence-electron chi connectivity index (χ3n) is 2.81. The molecule has 4 N–H and O–H groups in total. The van der Waals surface area contributed by atoms with Crippen molar-refractivity contribution >= 4 is 11.4 Å². The van der Waals surface area contributed by atoms with Crippen molar-refractivity contribution in [2.24, 2.45) is 0 Å². The molecule has 2 aromatic carbocycles. The van der Waals surface area contributed by atoms with Gasteiger partial charge in [-0.15, -0.1) is 0 Å². The predicted molar refractivity (Wildman–Crippen MR) is 73.8 cm³/mol. The lowest BCUT2D eigenvalue weighted by molar-refractivity contribution is 0.356. The monoisotopic (exact) mass is 244 g/mol. The molecular formula is C14H16N2O2.